The highest BCUT2D eigenvalue weighted by molar-refractivity contribution is 14.0. The average Bonchev–Trinajstić information content (AvgIpc) is 2.69. The number of nitrogens with two attached hydrogens (primary N) is 1. The number of rotatable bonds is 4. The van der Waals surface area contributed by atoms with Gasteiger partial charge in [-0.15, -0.1) is 24.0 Å². The summed E-state index contributed by atoms with van der Waals surface area (Å²) in [4.78, 5) is 11.7. The molecule has 2 saturated heterocycles. The fourth-order valence-electron chi connectivity index (χ4n) is 2.70. The summed E-state index contributed by atoms with van der Waals surface area (Å²) in [7, 11) is 2.21. The summed E-state index contributed by atoms with van der Waals surface area (Å²) >= 11 is 2.00. The molecule has 2 aliphatic rings. The largest absolute Gasteiger partial charge is 0.370 e. The summed E-state index contributed by atoms with van der Waals surface area (Å²) in [5, 5.41) is 0. The van der Waals surface area contributed by atoms with Gasteiger partial charge in [-0.2, -0.15) is 11.8 Å². The van der Waals surface area contributed by atoms with Crippen molar-refractivity contribution < 1.29 is 0 Å². The van der Waals surface area contributed by atoms with E-state index in [1.54, 1.807) is 0 Å². The molecule has 0 aromatic rings. The minimum atomic E-state index is 0. The molecule has 0 radical (unpaired) electrons. The number of likely N-dealkylation sites (N-methyl/N-ethyl adjacent to an activating group) is 1. The number of hydrogen-bond acceptors (Lipinski definition) is 4. The first-order chi connectivity index (χ1) is 9.75. The molecule has 0 amide bonds. The number of hydrogen-bond donors (Lipinski definition) is 1. The average molecular weight is 427 g/mol. The Morgan fingerprint density at radius 3 is 2.62 bits per heavy atom. The molecule has 0 aromatic carbocycles. The van der Waals surface area contributed by atoms with Gasteiger partial charge in [-0.25, -0.2) is 0 Å². The lowest BCUT2D eigenvalue weighted by atomic mass is 10.3. The first kappa shape index (κ1) is 19.3. The van der Waals surface area contributed by atoms with Crippen LogP contribution in [0.5, 0.6) is 0 Å². The van der Waals surface area contributed by atoms with Gasteiger partial charge in [-0.05, 0) is 39.5 Å². The molecule has 2 N–H and O–H groups in total. The number of aliphatic imine (C=N–C) groups is 1. The molecule has 124 valence electrons. The number of nitrogens with zero attached hydrogens (tertiary/aromatic N) is 4. The van der Waals surface area contributed by atoms with E-state index in [9.17, 15) is 0 Å². The second kappa shape index (κ2) is 10.9. The monoisotopic (exact) mass is 427 g/mol. The summed E-state index contributed by atoms with van der Waals surface area (Å²) in [6, 6.07) is 0. The Balaban J connectivity index is 0.00000220. The van der Waals surface area contributed by atoms with Gasteiger partial charge in [0.2, 0.25) is 0 Å². The van der Waals surface area contributed by atoms with Crippen LogP contribution in [0.25, 0.3) is 0 Å². The third-order valence-electron chi connectivity index (χ3n) is 4.05. The van der Waals surface area contributed by atoms with Crippen molar-refractivity contribution in [3.8, 4) is 0 Å². The van der Waals surface area contributed by atoms with E-state index in [4.69, 9.17) is 5.73 Å². The van der Waals surface area contributed by atoms with Crippen molar-refractivity contribution in [1.82, 2.24) is 14.7 Å². The molecular formula is C14H30IN5S. The quantitative estimate of drug-likeness (QED) is 0.314. The van der Waals surface area contributed by atoms with Crippen molar-refractivity contribution in [3.05, 3.63) is 0 Å². The summed E-state index contributed by atoms with van der Waals surface area (Å²) in [5.41, 5.74) is 6.06. The van der Waals surface area contributed by atoms with Crippen LogP contribution in [0, 0.1) is 0 Å². The van der Waals surface area contributed by atoms with E-state index in [2.05, 4.69) is 26.7 Å². The van der Waals surface area contributed by atoms with Gasteiger partial charge in [-0.3, -0.25) is 4.99 Å². The van der Waals surface area contributed by atoms with Gasteiger partial charge in [0.1, 0.15) is 0 Å². The summed E-state index contributed by atoms with van der Waals surface area (Å²) in [6.07, 6.45) is 2.40. The first-order valence-corrected chi connectivity index (χ1v) is 8.94. The zero-order valence-corrected chi connectivity index (χ0v) is 16.3. The molecular weight excluding hydrogens is 397 g/mol. The van der Waals surface area contributed by atoms with Crippen molar-refractivity contribution in [2.75, 3.05) is 70.9 Å². The fraction of sp³-hybridized carbons (Fsp3) is 0.929. The zero-order chi connectivity index (χ0) is 14.2. The third-order valence-corrected chi connectivity index (χ3v) is 5.00. The van der Waals surface area contributed by atoms with Crippen LogP contribution in [0.1, 0.15) is 12.8 Å². The highest BCUT2D eigenvalue weighted by atomic mass is 127. The van der Waals surface area contributed by atoms with Gasteiger partial charge in [0.25, 0.3) is 0 Å². The summed E-state index contributed by atoms with van der Waals surface area (Å²) < 4.78 is 0. The molecule has 0 bridgehead atoms. The van der Waals surface area contributed by atoms with E-state index in [0.717, 1.165) is 38.6 Å². The fourth-order valence-corrected chi connectivity index (χ4v) is 3.61. The van der Waals surface area contributed by atoms with Crippen LogP contribution in [0.4, 0.5) is 0 Å². The third kappa shape index (κ3) is 7.38. The molecule has 5 nitrogen and oxygen atoms in total. The standard InChI is InChI=1S/C14H29N5S.HI/c1-17-5-3-7-18(9-8-17)6-2-4-16-14(15)19-10-12-20-13-11-19;/h2-13H2,1H3,(H2,15,16);1H. The maximum Gasteiger partial charge on any atom is 0.191 e. The Morgan fingerprint density at radius 1 is 1.10 bits per heavy atom. The lowest BCUT2D eigenvalue weighted by Gasteiger charge is -2.27. The topological polar surface area (TPSA) is 48.1 Å². The summed E-state index contributed by atoms with van der Waals surface area (Å²) in [5.74, 6) is 3.11. The predicted molar refractivity (Wildman–Crippen MR) is 104 cm³/mol. The Morgan fingerprint density at radius 2 is 1.86 bits per heavy atom. The van der Waals surface area contributed by atoms with Crippen LogP contribution in [0.3, 0.4) is 0 Å². The van der Waals surface area contributed by atoms with Crippen LogP contribution >= 0.6 is 35.7 Å². The molecule has 0 spiro atoms. The molecule has 7 heteroatoms. The van der Waals surface area contributed by atoms with Crippen LogP contribution in [0.2, 0.25) is 0 Å². The Bertz CT molecular complexity index is 310. The smallest absolute Gasteiger partial charge is 0.191 e. The second-order valence-electron chi connectivity index (χ2n) is 5.69. The molecule has 2 aliphatic heterocycles. The highest BCUT2D eigenvalue weighted by Gasteiger charge is 2.13. The minimum absolute atomic E-state index is 0. The van der Waals surface area contributed by atoms with E-state index in [1.807, 2.05) is 11.8 Å². The van der Waals surface area contributed by atoms with Crippen molar-refractivity contribution in [1.29, 1.82) is 0 Å². The predicted octanol–water partition coefficient (Wildman–Crippen LogP) is 0.996. The van der Waals surface area contributed by atoms with Gasteiger partial charge in [0.15, 0.2) is 5.96 Å². The highest BCUT2D eigenvalue weighted by Crippen LogP contribution is 2.08. The molecule has 0 unspecified atom stereocenters. The van der Waals surface area contributed by atoms with Gasteiger partial charge < -0.3 is 20.4 Å². The van der Waals surface area contributed by atoms with Crippen LogP contribution < -0.4 is 5.73 Å². The molecule has 0 aliphatic carbocycles. The minimum Gasteiger partial charge on any atom is -0.370 e. The maximum absolute atomic E-state index is 6.06. The Hall–Kier alpha value is 0.270. The van der Waals surface area contributed by atoms with Crippen molar-refractivity contribution in [3.63, 3.8) is 0 Å². The Kier molecular flexibility index (Phi) is 10.0. The van der Waals surface area contributed by atoms with Gasteiger partial charge >= 0.3 is 0 Å². The molecule has 2 fully saturated rings. The molecule has 0 saturated carbocycles. The normalized spacial score (nSPS) is 22.7. The SMILES string of the molecule is CN1CCCN(CCCN=C(N)N2CCSCC2)CC1.I. The van der Waals surface area contributed by atoms with Crippen LogP contribution in [-0.4, -0.2) is 91.6 Å². The number of halogens is 1. The van der Waals surface area contributed by atoms with E-state index < -0.39 is 0 Å². The number of thioether (sulfide) groups is 1. The maximum atomic E-state index is 6.06. The molecule has 2 heterocycles. The van der Waals surface area contributed by atoms with E-state index in [0.29, 0.717) is 0 Å². The molecule has 2 rings (SSSR count). The summed E-state index contributed by atoms with van der Waals surface area (Å²) in [6.45, 7) is 8.97. The second-order valence-corrected chi connectivity index (χ2v) is 6.92. The van der Waals surface area contributed by atoms with Crippen molar-refractivity contribution >= 4 is 41.7 Å². The molecule has 21 heavy (non-hydrogen) atoms. The van der Waals surface area contributed by atoms with Crippen molar-refractivity contribution in [2.24, 2.45) is 10.7 Å². The van der Waals surface area contributed by atoms with E-state index in [1.165, 1.54) is 44.1 Å². The van der Waals surface area contributed by atoms with E-state index >= 15 is 0 Å². The first-order valence-electron chi connectivity index (χ1n) is 7.79. The zero-order valence-electron chi connectivity index (χ0n) is 13.2. The van der Waals surface area contributed by atoms with Gasteiger partial charge in [0, 0.05) is 44.2 Å². The number of guanidine groups is 1. The molecule has 0 aromatic heterocycles. The Labute approximate surface area is 150 Å². The lowest BCUT2D eigenvalue weighted by molar-refractivity contribution is 0.275. The molecule has 0 atom stereocenters. The van der Waals surface area contributed by atoms with Crippen molar-refractivity contribution in [2.45, 2.75) is 12.8 Å². The van der Waals surface area contributed by atoms with Crippen LogP contribution in [-0.2, 0) is 0 Å². The van der Waals surface area contributed by atoms with Gasteiger partial charge in [-0.1, -0.05) is 0 Å². The van der Waals surface area contributed by atoms with Gasteiger partial charge in [0.05, 0.1) is 0 Å². The van der Waals surface area contributed by atoms with E-state index in [-0.39, 0.29) is 24.0 Å². The lowest BCUT2D eigenvalue weighted by Crippen LogP contribution is -2.42. The van der Waals surface area contributed by atoms with Crippen LogP contribution in [0.15, 0.2) is 4.99 Å².